The van der Waals surface area contributed by atoms with Crippen molar-refractivity contribution in [2.75, 3.05) is 19.6 Å². The molecule has 0 aromatic heterocycles. The zero-order valence-electron chi connectivity index (χ0n) is 7.16. The number of carbonyl (C=O) groups is 1. The van der Waals surface area contributed by atoms with Crippen LogP contribution in [0.4, 0.5) is 4.79 Å². The van der Waals surface area contributed by atoms with Crippen LogP contribution in [0.5, 0.6) is 0 Å². The SMILES string of the molecule is CC1C2CNCC2CN1C(=O)O. The first-order valence-corrected chi connectivity index (χ1v) is 4.40. The van der Waals surface area contributed by atoms with Crippen molar-refractivity contribution >= 4 is 6.09 Å². The standard InChI is InChI=1S/C8H14N2O2/c1-5-7-3-9-2-6(7)4-10(5)8(11)12/h5-7,9H,2-4H2,1H3,(H,11,12). The second kappa shape index (κ2) is 2.62. The van der Waals surface area contributed by atoms with Crippen molar-refractivity contribution in [3.05, 3.63) is 0 Å². The van der Waals surface area contributed by atoms with Gasteiger partial charge in [0.25, 0.3) is 0 Å². The van der Waals surface area contributed by atoms with Crippen LogP contribution in [0.1, 0.15) is 6.92 Å². The molecule has 0 bridgehead atoms. The second-order valence-corrected chi connectivity index (χ2v) is 3.76. The zero-order chi connectivity index (χ0) is 8.72. The van der Waals surface area contributed by atoms with Gasteiger partial charge in [0.2, 0.25) is 0 Å². The van der Waals surface area contributed by atoms with Gasteiger partial charge in [-0.25, -0.2) is 4.79 Å². The molecule has 2 aliphatic rings. The number of nitrogens with zero attached hydrogens (tertiary/aromatic N) is 1. The van der Waals surface area contributed by atoms with E-state index in [9.17, 15) is 4.79 Å². The smallest absolute Gasteiger partial charge is 0.407 e. The second-order valence-electron chi connectivity index (χ2n) is 3.76. The lowest BCUT2D eigenvalue weighted by molar-refractivity contribution is 0.137. The molecule has 2 fully saturated rings. The van der Waals surface area contributed by atoms with Gasteiger partial charge in [-0.1, -0.05) is 0 Å². The highest BCUT2D eigenvalue weighted by molar-refractivity contribution is 5.66. The summed E-state index contributed by atoms with van der Waals surface area (Å²) in [6.45, 7) is 4.69. The van der Waals surface area contributed by atoms with Gasteiger partial charge in [-0.15, -0.1) is 0 Å². The molecular formula is C8H14N2O2. The highest BCUT2D eigenvalue weighted by Gasteiger charge is 2.43. The molecule has 0 radical (unpaired) electrons. The minimum Gasteiger partial charge on any atom is -0.465 e. The lowest BCUT2D eigenvalue weighted by Gasteiger charge is -2.20. The molecule has 2 saturated heterocycles. The van der Waals surface area contributed by atoms with E-state index < -0.39 is 6.09 Å². The van der Waals surface area contributed by atoms with Crippen molar-refractivity contribution in [3.8, 4) is 0 Å². The summed E-state index contributed by atoms with van der Waals surface area (Å²) in [6.07, 6.45) is -0.767. The zero-order valence-corrected chi connectivity index (χ0v) is 7.16. The largest absolute Gasteiger partial charge is 0.465 e. The third kappa shape index (κ3) is 0.982. The van der Waals surface area contributed by atoms with E-state index in [1.54, 1.807) is 4.90 Å². The Bertz CT molecular complexity index is 207. The maximum atomic E-state index is 10.7. The first-order valence-electron chi connectivity index (χ1n) is 4.40. The third-order valence-electron chi connectivity index (χ3n) is 3.18. The first kappa shape index (κ1) is 7.86. The fourth-order valence-electron chi connectivity index (χ4n) is 2.42. The molecule has 0 spiro atoms. The van der Waals surface area contributed by atoms with E-state index in [0.717, 1.165) is 13.1 Å². The van der Waals surface area contributed by atoms with Crippen molar-refractivity contribution in [1.82, 2.24) is 10.2 Å². The normalized spacial score (nSPS) is 40.1. The van der Waals surface area contributed by atoms with E-state index in [0.29, 0.717) is 18.4 Å². The molecule has 0 aliphatic carbocycles. The van der Waals surface area contributed by atoms with Crippen molar-refractivity contribution in [2.24, 2.45) is 11.8 Å². The summed E-state index contributed by atoms with van der Waals surface area (Å²) in [4.78, 5) is 12.3. The summed E-state index contributed by atoms with van der Waals surface area (Å²) in [5.74, 6) is 1.09. The fraction of sp³-hybridized carbons (Fsp3) is 0.875. The summed E-state index contributed by atoms with van der Waals surface area (Å²) in [6, 6.07) is 0.197. The van der Waals surface area contributed by atoms with Crippen molar-refractivity contribution < 1.29 is 9.90 Å². The molecule has 2 heterocycles. The van der Waals surface area contributed by atoms with E-state index in [-0.39, 0.29) is 6.04 Å². The molecule has 0 saturated carbocycles. The number of hydrogen-bond donors (Lipinski definition) is 2. The topological polar surface area (TPSA) is 52.6 Å². The summed E-state index contributed by atoms with van der Waals surface area (Å²) < 4.78 is 0. The predicted molar refractivity (Wildman–Crippen MR) is 44.0 cm³/mol. The Morgan fingerprint density at radius 2 is 2.33 bits per heavy atom. The van der Waals surface area contributed by atoms with Gasteiger partial charge in [0, 0.05) is 25.7 Å². The number of fused-ring (bicyclic) bond motifs is 1. The quantitative estimate of drug-likeness (QED) is 0.546. The lowest BCUT2D eigenvalue weighted by Crippen LogP contribution is -2.36. The maximum absolute atomic E-state index is 10.7. The van der Waals surface area contributed by atoms with Gasteiger partial charge >= 0.3 is 6.09 Å². The van der Waals surface area contributed by atoms with E-state index in [4.69, 9.17) is 5.11 Å². The summed E-state index contributed by atoms with van der Waals surface area (Å²) in [7, 11) is 0. The Morgan fingerprint density at radius 1 is 1.58 bits per heavy atom. The van der Waals surface area contributed by atoms with Gasteiger partial charge in [0.05, 0.1) is 0 Å². The monoisotopic (exact) mass is 170 g/mol. The molecule has 2 aliphatic heterocycles. The van der Waals surface area contributed by atoms with Gasteiger partial charge in [0.1, 0.15) is 0 Å². The number of nitrogens with one attached hydrogen (secondary N) is 1. The molecule has 12 heavy (non-hydrogen) atoms. The fourth-order valence-corrected chi connectivity index (χ4v) is 2.42. The average Bonchev–Trinajstić information content (AvgIpc) is 2.53. The predicted octanol–water partition coefficient (Wildman–Crippen LogP) is 0.204. The van der Waals surface area contributed by atoms with Crippen molar-refractivity contribution in [2.45, 2.75) is 13.0 Å². The number of carboxylic acid groups (broad SMARTS) is 1. The van der Waals surface area contributed by atoms with Crippen LogP contribution in [0.3, 0.4) is 0 Å². The molecule has 2 rings (SSSR count). The van der Waals surface area contributed by atoms with Crippen LogP contribution >= 0.6 is 0 Å². The molecule has 0 aromatic carbocycles. The van der Waals surface area contributed by atoms with E-state index in [1.807, 2.05) is 6.92 Å². The first-order chi connectivity index (χ1) is 5.70. The van der Waals surface area contributed by atoms with Gasteiger partial charge in [-0.2, -0.15) is 0 Å². The van der Waals surface area contributed by atoms with Gasteiger partial charge < -0.3 is 15.3 Å². The maximum Gasteiger partial charge on any atom is 0.407 e. The molecule has 1 amide bonds. The van der Waals surface area contributed by atoms with Crippen LogP contribution in [-0.2, 0) is 0 Å². The van der Waals surface area contributed by atoms with E-state index in [2.05, 4.69) is 5.32 Å². The molecule has 4 nitrogen and oxygen atoms in total. The number of likely N-dealkylation sites (tertiary alicyclic amines) is 1. The Balaban J connectivity index is 2.10. The minimum atomic E-state index is -0.767. The van der Waals surface area contributed by atoms with Crippen LogP contribution < -0.4 is 5.32 Å². The van der Waals surface area contributed by atoms with Crippen LogP contribution in [0.2, 0.25) is 0 Å². The molecule has 68 valence electrons. The number of rotatable bonds is 0. The average molecular weight is 170 g/mol. The molecule has 2 N–H and O–H groups in total. The van der Waals surface area contributed by atoms with Gasteiger partial charge in [-0.3, -0.25) is 0 Å². The Kier molecular flexibility index (Phi) is 1.72. The van der Waals surface area contributed by atoms with E-state index in [1.165, 1.54) is 0 Å². The summed E-state index contributed by atoms with van der Waals surface area (Å²) >= 11 is 0. The van der Waals surface area contributed by atoms with Crippen molar-refractivity contribution in [3.63, 3.8) is 0 Å². The Hall–Kier alpha value is -0.770. The molecule has 3 unspecified atom stereocenters. The highest BCUT2D eigenvalue weighted by atomic mass is 16.4. The Morgan fingerprint density at radius 3 is 2.92 bits per heavy atom. The van der Waals surface area contributed by atoms with Crippen LogP contribution in [-0.4, -0.2) is 41.8 Å². The van der Waals surface area contributed by atoms with Crippen LogP contribution in [0, 0.1) is 11.8 Å². The van der Waals surface area contributed by atoms with E-state index >= 15 is 0 Å². The minimum absolute atomic E-state index is 0.197. The van der Waals surface area contributed by atoms with Crippen molar-refractivity contribution in [1.29, 1.82) is 0 Å². The molecule has 0 aromatic rings. The third-order valence-corrected chi connectivity index (χ3v) is 3.18. The lowest BCUT2D eigenvalue weighted by atomic mass is 9.95. The van der Waals surface area contributed by atoms with Crippen LogP contribution in [0.25, 0.3) is 0 Å². The molecular weight excluding hydrogens is 156 g/mol. The highest BCUT2D eigenvalue weighted by Crippen LogP contribution is 2.31. The summed E-state index contributed by atoms with van der Waals surface area (Å²) in [5, 5.41) is 12.1. The van der Waals surface area contributed by atoms with Gasteiger partial charge in [-0.05, 0) is 18.8 Å². The molecule has 3 atom stereocenters. The number of amides is 1. The summed E-state index contributed by atoms with van der Waals surface area (Å²) in [5.41, 5.74) is 0. The molecule has 4 heteroatoms. The van der Waals surface area contributed by atoms with Crippen LogP contribution in [0.15, 0.2) is 0 Å². The Labute approximate surface area is 71.5 Å². The number of hydrogen-bond acceptors (Lipinski definition) is 2. The van der Waals surface area contributed by atoms with Gasteiger partial charge in [0.15, 0.2) is 0 Å².